The minimum Gasteiger partial charge on any atom is -0.481 e. The summed E-state index contributed by atoms with van der Waals surface area (Å²) in [6.07, 6.45) is 2.65. The first-order chi connectivity index (χ1) is 7.00. The maximum absolute atomic E-state index is 13.1. The van der Waals surface area contributed by atoms with Crippen molar-refractivity contribution in [1.29, 1.82) is 0 Å². The fourth-order valence-electron chi connectivity index (χ4n) is 0.984. The predicted octanol–water partition coefficient (Wildman–Crippen LogP) is 3.62. The van der Waals surface area contributed by atoms with Gasteiger partial charge in [0.2, 0.25) is 0 Å². The molecule has 80 valence electrons. The Morgan fingerprint density at radius 1 is 1.47 bits per heavy atom. The molecule has 0 heterocycles. The quantitative estimate of drug-likeness (QED) is 0.830. The Labute approximate surface area is 95.9 Å². The lowest BCUT2D eigenvalue weighted by atomic mass is 10.2. The molecule has 1 rings (SSSR count). The molecular weight excluding hydrogens is 242 g/mol. The standard InChI is InChI=1S/C10H7Cl2FO2/c11-7-4-6(2-1-3-9(14)15)10(12)8(13)5-7/h1-2,4-5H,3H2,(H,14,15). The number of carbonyl (C=O) groups is 1. The number of aliphatic carboxylic acids is 1. The van der Waals surface area contributed by atoms with Crippen molar-refractivity contribution in [2.24, 2.45) is 0 Å². The summed E-state index contributed by atoms with van der Waals surface area (Å²) in [4.78, 5) is 10.2. The van der Waals surface area contributed by atoms with E-state index in [0.717, 1.165) is 6.07 Å². The van der Waals surface area contributed by atoms with E-state index in [1.807, 2.05) is 0 Å². The van der Waals surface area contributed by atoms with Crippen LogP contribution in [0.2, 0.25) is 10.0 Å². The summed E-state index contributed by atoms with van der Waals surface area (Å²) in [6.45, 7) is 0. The van der Waals surface area contributed by atoms with E-state index in [9.17, 15) is 9.18 Å². The van der Waals surface area contributed by atoms with Gasteiger partial charge in [-0.15, -0.1) is 0 Å². The van der Waals surface area contributed by atoms with Crippen LogP contribution >= 0.6 is 23.2 Å². The molecule has 0 radical (unpaired) electrons. The molecule has 0 aliphatic heterocycles. The summed E-state index contributed by atoms with van der Waals surface area (Å²) in [5, 5.41) is 8.53. The van der Waals surface area contributed by atoms with E-state index in [1.54, 1.807) is 0 Å². The number of halogens is 3. The fourth-order valence-corrected chi connectivity index (χ4v) is 1.37. The Kier molecular flexibility index (Phi) is 4.12. The van der Waals surface area contributed by atoms with Crippen molar-refractivity contribution in [3.63, 3.8) is 0 Å². The Balaban J connectivity index is 2.94. The molecule has 0 aromatic heterocycles. The first kappa shape index (κ1) is 12.0. The van der Waals surface area contributed by atoms with Crippen LogP contribution in [0.15, 0.2) is 18.2 Å². The lowest BCUT2D eigenvalue weighted by Crippen LogP contribution is -1.90. The molecule has 0 amide bonds. The second-order valence-electron chi connectivity index (χ2n) is 2.79. The van der Waals surface area contributed by atoms with Crippen molar-refractivity contribution >= 4 is 35.2 Å². The lowest BCUT2D eigenvalue weighted by molar-refractivity contribution is -0.135. The van der Waals surface area contributed by atoms with Gasteiger partial charge in [0.15, 0.2) is 0 Å². The van der Waals surface area contributed by atoms with E-state index < -0.39 is 11.8 Å². The molecule has 1 aromatic carbocycles. The van der Waals surface area contributed by atoms with Gasteiger partial charge in [0.05, 0.1) is 11.4 Å². The molecule has 1 N–H and O–H groups in total. The minimum atomic E-state index is -0.968. The topological polar surface area (TPSA) is 37.3 Å². The van der Waals surface area contributed by atoms with Crippen molar-refractivity contribution in [2.75, 3.05) is 0 Å². The number of carboxylic acids is 1. The van der Waals surface area contributed by atoms with Crippen LogP contribution in [0.1, 0.15) is 12.0 Å². The Hall–Kier alpha value is -1.06. The summed E-state index contributed by atoms with van der Waals surface area (Å²) in [6, 6.07) is 2.56. The van der Waals surface area contributed by atoms with E-state index in [0.29, 0.717) is 5.56 Å². The molecule has 0 spiro atoms. The normalized spacial score (nSPS) is 10.9. The van der Waals surface area contributed by atoms with Gasteiger partial charge in [-0.3, -0.25) is 4.79 Å². The Morgan fingerprint density at radius 2 is 2.13 bits per heavy atom. The number of carboxylic acid groups (broad SMARTS) is 1. The van der Waals surface area contributed by atoms with Crippen molar-refractivity contribution in [3.05, 3.63) is 39.6 Å². The molecule has 15 heavy (non-hydrogen) atoms. The molecule has 0 bridgehead atoms. The van der Waals surface area contributed by atoms with Crippen LogP contribution in [0.4, 0.5) is 4.39 Å². The van der Waals surface area contributed by atoms with Crippen LogP contribution < -0.4 is 0 Å². The maximum Gasteiger partial charge on any atom is 0.307 e. The van der Waals surface area contributed by atoms with Gasteiger partial charge in [0.25, 0.3) is 0 Å². The zero-order valence-corrected chi connectivity index (χ0v) is 9.02. The molecule has 1 aromatic rings. The third kappa shape index (κ3) is 3.53. The second kappa shape index (κ2) is 5.14. The molecule has 5 heteroatoms. The molecule has 0 aliphatic carbocycles. The van der Waals surface area contributed by atoms with E-state index in [1.165, 1.54) is 18.2 Å². The lowest BCUT2D eigenvalue weighted by Gasteiger charge is -2.00. The van der Waals surface area contributed by atoms with Gasteiger partial charge < -0.3 is 5.11 Å². The highest BCUT2D eigenvalue weighted by atomic mass is 35.5. The van der Waals surface area contributed by atoms with Crippen molar-refractivity contribution < 1.29 is 14.3 Å². The van der Waals surface area contributed by atoms with Crippen LogP contribution in [0, 0.1) is 5.82 Å². The zero-order valence-electron chi connectivity index (χ0n) is 7.51. The molecule has 0 aliphatic rings. The van der Waals surface area contributed by atoms with E-state index >= 15 is 0 Å². The average molecular weight is 249 g/mol. The van der Waals surface area contributed by atoms with Gasteiger partial charge in [0.1, 0.15) is 5.82 Å². The summed E-state index contributed by atoms with van der Waals surface area (Å²) >= 11 is 11.3. The van der Waals surface area contributed by atoms with E-state index in [4.69, 9.17) is 28.3 Å². The van der Waals surface area contributed by atoms with Crippen LogP contribution in [0.5, 0.6) is 0 Å². The number of hydrogen-bond acceptors (Lipinski definition) is 1. The predicted molar refractivity (Wildman–Crippen MR) is 57.7 cm³/mol. The van der Waals surface area contributed by atoms with Crippen molar-refractivity contribution in [3.8, 4) is 0 Å². The molecule has 0 saturated heterocycles. The summed E-state index contributed by atoms with van der Waals surface area (Å²) < 4.78 is 13.1. The van der Waals surface area contributed by atoms with Crippen molar-refractivity contribution in [2.45, 2.75) is 6.42 Å². The van der Waals surface area contributed by atoms with Crippen molar-refractivity contribution in [1.82, 2.24) is 0 Å². The highest BCUT2D eigenvalue weighted by Crippen LogP contribution is 2.25. The molecule has 2 nitrogen and oxygen atoms in total. The van der Waals surface area contributed by atoms with Crippen LogP contribution in [-0.2, 0) is 4.79 Å². The SMILES string of the molecule is O=C(O)CC=Cc1cc(Cl)cc(F)c1Cl. The number of hydrogen-bond donors (Lipinski definition) is 1. The van der Waals surface area contributed by atoms with Gasteiger partial charge >= 0.3 is 5.97 Å². The largest absolute Gasteiger partial charge is 0.481 e. The monoisotopic (exact) mass is 248 g/mol. The maximum atomic E-state index is 13.1. The summed E-state index contributed by atoms with van der Waals surface area (Å²) in [5.74, 6) is -1.59. The highest BCUT2D eigenvalue weighted by Gasteiger charge is 2.05. The number of rotatable bonds is 3. The van der Waals surface area contributed by atoms with Gasteiger partial charge in [0, 0.05) is 5.02 Å². The van der Waals surface area contributed by atoms with Gasteiger partial charge in [-0.1, -0.05) is 35.4 Å². The van der Waals surface area contributed by atoms with E-state index in [2.05, 4.69) is 0 Å². The average Bonchev–Trinajstić information content (AvgIpc) is 2.12. The third-order valence-electron chi connectivity index (χ3n) is 1.61. The molecule has 0 fully saturated rings. The molecule has 0 saturated carbocycles. The van der Waals surface area contributed by atoms with Crippen LogP contribution in [0.3, 0.4) is 0 Å². The van der Waals surface area contributed by atoms with Crippen LogP contribution in [0.25, 0.3) is 6.08 Å². The number of benzene rings is 1. The minimum absolute atomic E-state index is 0.0685. The smallest absolute Gasteiger partial charge is 0.307 e. The Bertz CT molecular complexity index is 416. The molecule has 0 atom stereocenters. The first-order valence-electron chi connectivity index (χ1n) is 4.03. The summed E-state index contributed by atoms with van der Waals surface area (Å²) in [7, 11) is 0. The van der Waals surface area contributed by atoms with Crippen LogP contribution in [-0.4, -0.2) is 11.1 Å². The first-order valence-corrected chi connectivity index (χ1v) is 4.79. The van der Waals surface area contributed by atoms with Gasteiger partial charge in [-0.25, -0.2) is 4.39 Å². The molecular formula is C10H7Cl2FO2. The fraction of sp³-hybridized carbons (Fsp3) is 0.100. The highest BCUT2D eigenvalue weighted by molar-refractivity contribution is 6.34. The zero-order chi connectivity index (χ0) is 11.4. The molecule has 0 unspecified atom stereocenters. The van der Waals surface area contributed by atoms with Gasteiger partial charge in [-0.05, 0) is 17.7 Å². The van der Waals surface area contributed by atoms with E-state index in [-0.39, 0.29) is 16.5 Å². The Morgan fingerprint density at radius 3 is 2.73 bits per heavy atom. The third-order valence-corrected chi connectivity index (χ3v) is 2.23. The second-order valence-corrected chi connectivity index (χ2v) is 3.61. The summed E-state index contributed by atoms with van der Waals surface area (Å²) in [5.41, 5.74) is 0.364. The van der Waals surface area contributed by atoms with Gasteiger partial charge in [-0.2, -0.15) is 0 Å².